The van der Waals surface area contributed by atoms with E-state index in [1.807, 2.05) is 0 Å². The fourth-order valence-corrected chi connectivity index (χ4v) is 1.91. The first-order chi connectivity index (χ1) is 8.94. The number of hydrogen-bond donors (Lipinski definition) is 4. The zero-order valence-corrected chi connectivity index (χ0v) is 10.7. The summed E-state index contributed by atoms with van der Waals surface area (Å²) in [7, 11) is -1.35. The van der Waals surface area contributed by atoms with Crippen LogP contribution < -0.4 is 5.73 Å². The van der Waals surface area contributed by atoms with Gasteiger partial charge in [-0.1, -0.05) is 18.9 Å². The summed E-state index contributed by atoms with van der Waals surface area (Å²) in [6.07, 6.45) is 4.98. The maximum atomic E-state index is 11.3. The number of carbonyl (C=O) groups is 1. The first kappa shape index (κ1) is 15.6. The van der Waals surface area contributed by atoms with Crippen LogP contribution in [-0.4, -0.2) is 38.8 Å². The second-order valence-corrected chi connectivity index (χ2v) is 4.73. The Balaban J connectivity index is 2.57. The van der Waals surface area contributed by atoms with E-state index in [2.05, 4.69) is 4.98 Å². The van der Waals surface area contributed by atoms with Gasteiger partial charge in [0, 0.05) is 18.8 Å². The molecule has 1 heterocycles. The van der Waals surface area contributed by atoms with Gasteiger partial charge in [-0.25, -0.2) is 0 Å². The second kappa shape index (κ2) is 7.23. The van der Waals surface area contributed by atoms with E-state index < -0.39 is 18.6 Å². The van der Waals surface area contributed by atoms with Gasteiger partial charge >= 0.3 is 13.1 Å². The van der Waals surface area contributed by atoms with Crippen LogP contribution in [-0.2, 0) is 11.2 Å². The van der Waals surface area contributed by atoms with Crippen molar-refractivity contribution in [1.29, 1.82) is 0 Å². The van der Waals surface area contributed by atoms with Crippen molar-refractivity contribution in [3.8, 4) is 0 Å². The predicted molar refractivity (Wildman–Crippen MR) is 71.3 cm³/mol. The SMILES string of the molecule is NC(CCCCB(O)O)(Cc1cccnc1)C(=O)O. The van der Waals surface area contributed by atoms with Crippen molar-refractivity contribution in [2.45, 2.75) is 37.5 Å². The summed E-state index contributed by atoms with van der Waals surface area (Å²) in [5, 5.41) is 26.7. The molecule has 0 aliphatic rings. The Hall–Kier alpha value is -1.44. The molecule has 0 aliphatic carbocycles. The Bertz CT molecular complexity index is 402. The van der Waals surface area contributed by atoms with Crippen LogP contribution in [0.15, 0.2) is 24.5 Å². The molecule has 1 atom stereocenters. The van der Waals surface area contributed by atoms with Crippen LogP contribution in [0.4, 0.5) is 0 Å². The Labute approximate surface area is 112 Å². The van der Waals surface area contributed by atoms with Crippen molar-refractivity contribution in [3.05, 3.63) is 30.1 Å². The third kappa shape index (κ3) is 5.38. The summed E-state index contributed by atoms with van der Waals surface area (Å²) in [6.45, 7) is 0. The number of unbranched alkanes of at least 4 members (excludes halogenated alkanes) is 1. The molecule has 5 N–H and O–H groups in total. The summed E-state index contributed by atoms with van der Waals surface area (Å²) in [5.41, 5.74) is 5.37. The molecule has 0 radical (unpaired) electrons. The van der Waals surface area contributed by atoms with Gasteiger partial charge in [-0.3, -0.25) is 9.78 Å². The Morgan fingerprint density at radius 1 is 1.42 bits per heavy atom. The summed E-state index contributed by atoms with van der Waals surface area (Å²) in [4.78, 5) is 15.2. The normalized spacial score (nSPS) is 13.8. The first-order valence-electron chi connectivity index (χ1n) is 6.21. The zero-order chi connectivity index (χ0) is 14.3. The molecule has 0 amide bonds. The predicted octanol–water partition coefficient (Wildman–Crippen LogP) is 0.0493. The van der Waals surface area contributed by atoms with Crippen molar-refractivity contribution < 1.29 is 19.9 Å². The van der Waals surface area contributed by atoms with Gasteiger partial charge in [0.05, 0.1) is 0 Å². The third-order valence-electron chi connectivity index (χ3n) is 3.00. The molecule has 0 bridgehead atoms. The number of aromatic nitrogens is 1. The van der Waals surface area contributed by atoms with Crippen LogP contribution in [0.3, 0.4) is 0 Å². The quantitative estimate of drug-likeness (QED) is 0.390. The molecule has 0 spiro atoms. The average molecular weight is 266 g/mol. The van der Waals surface area contributed by atoms with Crippen LogP contribution in [0.5, 0.6) is 0 Å². The molecule has 19 heavy (non-hydrogen) atoms. The van der Waals surface area contributed by atoms with Gasteiger partial charge in [-0.2, -0.15) is 0 Å². The molecule has 104 valence electrons. The molecular formula is C12H19BN2O4. The van der Waals surface area contributed by atoms with Crippen molar-refractivity contribution in [1.82, 2.24) is 4.98 Å². The van der Waals surface area contributed by atoms with Gasteiger partial charge in [-0.15, -0.1) is 0 Å². The average Bonchev–Trinajstić information content (AvgIpc) is 2.35. The molecule has 7 heteroatoms. The van der Waals surface area contributed by atoms with Crippen LogP contribution >= 0.6 is 0 Å². The maximum Gasteiger partial charge on any atom is 0.451 e. The van der Waals surface area contributed by atoms with Gasteiger partial charge in [0.2, 0.25) is 0 Å². The van der Waals surface area contributed by atoms with E-state index >= 15 is 0 Å². The molecule has 1 aromatic heterocycles. The van der Waals surface area contributed by atoms with Gasteiger partial charge in [0.15, 0.2) is 0 Å². The number of pyridine rings is 1. The number of nitrogens with zero attached hydrogens (tertiary/aromatic N) is 1. The topological polar surface area (TPSA) is 117 Å². The minimum absolute atomic E-state index is 0.206. The summed E-state index contributed by atoms with van der Waals surface area (Å²) >= 11 is 0. The number of carboxylic acids is 1. The molecule has 1 aromatic rings. The van der Waals surface area contributed by atoms with E-state index in [9.17, 15) is 9.90 Å². The number of hydrogen-bond acceptors (Lipinski definition) is 5. The summed E-state index contributed by atoms with van der Waals surface area (Å²) < 4.78 is 0. The van der Waals surface area contributed by atoms with Crippen LogP contribution in [0.25, 0.3) is 0 Å². The highest BCUT2D eigenvalue weighted by atomic mass is 16.4. The highest BCUT2D eigenvalue weighted by molar-refractivity contribution is 6.40. The number of nitrogens with two attached hydrogens (primary N) is 1. The lowest BCUT2D eigenvalue weighted by atomic mass is 9.81. The minimum atomic E-state index is -1.35. The van der Waals surface area contributed by atoms with E-state index in [-0.39, 0.29) is 19.2 Å². The van der Waals surface area contributed by atoms with Crippen LogP contribution in [0.1, 0.15) is 24.8 Å². The molecule has 0 aromatic carbocycles. The lowest BCUT2D eigenvalue weighted by Crippen LogP contribution is -2.49. The number of aliphatic carboxylic acids is 1. The first-order valence-corrected chi connectivity index (χ1v) is 6.21. The number of carboxylic acid groups (broad SMARTS) is 1. The van der Waals surface area contributed by atoms with Crippen LogP contribution in [0.2, 0.25) is 6.32 Å². The Morgan fingerprint density at radius 2 is 2.16 bits per heavy atom. The monoisotopic (exact) mass is 266 g/mol. The Morgan fingerprint density at radius 3 is 2.68 bits per heavy atom. The highest BCUT2D eigenvalue weighted by Crippen LogP contribution is 2.19. The van der Waals surface area contributed by atoms with Gasteiger partial charge in [0.25, 0.3) is 0 Å². The smallest absolute Gasteiger partial charge is 0.451 e. The largest absolute Gasteiger partial charge is 0.480 e. The standard InChI is InChI=1S/C12H19BN2O4/c14-12(11(16)17,5-1-2-6-13(18)19)8-10-4-3-7-15-9-10/h3-4,7,9,18-19H,1-2,5-6,8,14H2,(H,16,17). The van der Waals surface area contributed by atoms with E-state index in [4.69, 9.17) is 15.8 Å². The van der Waals surface area contributed by atoms with Crippen molar-refractivity contribution in [2.24, 2.45) is 5.73 Å². The van der Waals surface area contributed by atoms with E-state index in [1.165, 1.54) is 0 Å². The molecule has 1 unspecified atom stereocenters. The molecule has 0 fully saturated rings. The van der Waals surface area contributed by atoms with Gasteiger partial charge < -0.3 is 20.9 Å². The zero-order valence-electron chi connectivity index (χ0n) is 10.7. The van der Waals surface area contributed by atoms with E-state index in [0.29, 0.717) is 12.8 Å². The molecule has 1 rings (SSSR count). The summed E-state index contributed by atoms with van der Waals surface area (Å²) in [6, 6.07) is 3.52. The van der Waals surface area contributed by atoms with Gasteiger partial charge in [0.1, 0.15) is 5.54 Å². The molecule has 0 aliphatic heterocycles. The second-order valence-electron chi connectivity index (χ2n) is 4.73. The highest BCUT2D eigenvalue weighted by Gasteiger charge is 2.33. The number of rotatable bonds is 8. The van der Waals surface area contributed by atoms with Crippen LogP contribution in [0, 0.1) is 0 Å². The molecule has 0 saturated carbocycles. The lowest BCUT2D eigenvalue weighted by molar-refractivity contribution is -0.143. The van der Waals surface area contributed by atoms with Crippen molar-refractivity contribution >= 4 is 13.1 Å². The lowest BCUT2D eigenvalue weighted by Gasteiger charge is -2.24. The van der Waals surface area contributed by atoms with Crippen molar-refractivity contribution in [3.63, 3.8) is 0 Å². The third-order valence-corrected chi connectivity index (χ3v) is 3.00. The molecular weight excluding hydrogens is 247 g/mol. The fraction of sp³-hybridized carbons (Fsp3) is 0.500. The Kier molecular flexibility index (Phi) is 5.94. The summed E-state index contributed by atoms with van der Waals surface area (Å²) in [5.74, 6) is -1.05. The molecule has 0 saturated heterocycles. The molecule has 6 nitrogen and oxygen atoms in total. The van der Waals surface area contributed by atoms with E-state index in [0.717, 1.165) is 5.56 Å². The van der Waals surface area contributed by atoms with Crippen molar-refractivity contribution in [2.75, 3.05) is 0 Å². The maximum absolute atomic E-state index is 11.3. The van der Waals surface area contributed by atoms with E-state index in [1.54, 1.807) is 24.5 Å². The minimum Gasteiger partial charge on any atom is -0.480 e. The fourth-order valence-electron chi connectivity index (χ4n) is 1.91. The van der Waals surface area contributed by atoms with Gasteiger partial charge in [-0.05, 0) is 24.4 Å².